The van der Waals surface area contributed by atoms with Crippen molar-refractivity contribution < 1.29 is 44.3 Å². The van der Waals surface area contributed by atoms with Crippen LogP contribution in [0.1, 0.15) is 6.92 Å². The fraction of sp³-hybridized carbons (Fsp3) is 0.400. The molecule has 0 aromatic heterocycles. The largest absolute Gasteiger partial charge is 1.00 e. The van der Waals surface area contributed by atoms with Crippen LogP contribution in [0.2, 0.25) is 0 Å². The zero-order chi connectivity index (χ0) is 6.73. The molecule has 0 amide bonds. The van der Waals surface area contributed by atoms with Crippen LogP contribution in [0.3, 0.4) is 0 Å². The molecule has 46 valence electrons. The first-order chi connectivity index (χ1) is 3.55. The van der Waals surface area contributed by atoms with E-state index >= 15 is 0 Å². The zero-order valence-corrected chi connectivity index (χ0v) is 7.55. The van der Waals surface area contributed by atoms with Crippen LogP contribution >= 0.6 is 0 Å². The van der Waals surface area contributed by atoms with E-state index in [0.717, 1.165) is 0 Å². The van der Waals surface area contributed by atoms with Gasteiger partial charge in [0.2, 0.25) is 0 Å². The van der Waals surface area contributed by atoms with E-state index in [4.69, 9.17) is 5.11 Å². The summed E-state index contributed by atoms with van der Waals surface area (Å²) >= 11 is 0. The van der Waals surface area contributed by atoms with Crippen LogP contribution in [0.5, 0.6) is 0 Å². The van der Waals surface area contributed by atoms with Crippen LogP contribution in [0.4, 0.5) is 0 Å². The minimum atomic E-state index is -1.17. The number of aliphatic carboxylic acids is 1. The van der Waals surface area contributed by atoms with E-state index in [0.29, 0.717) is 0 Å². The Kier molecular flexibility index (Phi) is 6.56. The molecule has 0 spiro atoms. The molecule has 0 aromatic rings. The van der Waals surface area contributed by atoms with Gasteiger partial charge in [0.05, 0.1) is 0 Å². The second kappa shape index (κ2) is 4.97. The van der Waals surface area contributed by atoms with Crippen LogP contribution in [0, 0.1) is 12.8 Å². The third-order valence-electron chi connectivity index (χ3n) is 0.789. The summed E-state index contributed by atoms with van der Waals surface area (Å²) in [5.41, 5.74) is 0. The summed E-state index contributed by atoms with van der Waals surface area (Å²) in [6, 6.07) is 0. The van der Waals surface area contributed by atoms with Gasteiger partial charge in [-0.1, -0.05) is 0 Å². The molecule has 9 heavy (non-hydrogen) atoms. The van der Waals surface area contributed by atoms with Crippen molar-refractivity contribution >= 4 is 11.8 Å². The van der Waals surface area contributed by atoms with E-state index in [1.165, 1.54) is 6.92 Å². The Morgan fingerprint density at radius 1 is 1.56 bits per heavy atom. The molecule has 3 nitrogen and oxygen atoms in total. The first kappa shape index (κ1) is 11.9. The van der Waals surface area contributed by atoms with Crippen molar-refractivity contribution in [1.82, 2.24) is 0 Å². The smallest absolute Gasteiger partial charge is 0.483 e. The summed E-state index contributed by atoms with van der Waals surface area (Å²) in [5.74, 6) is -2.69. The number of Topliss-reactive ketones (excluding diaryl/α,β-unsaturated/α-hetero) is 1. The molecule has 0 aliphatic rings. The predicted molar refractivity (Wildman–Crippen MR) is 27.2 cm³/mol. The molecule has 0 radical (unpaired) electrons. The number of carboxylic acid groups (broad SMARTS) is 1. The minimum absolute atomic E-state index is 0. The van der Waals surface area contributed by atoms with Gasteiger partial charge in [-0.3, -0.25) is 4.79 Å². The van der Waals surface area contributed by atoms with E-state index in [9.17, 15) is 9.59 Å². The first-order valence-corrected chi connectivity index (χ1v) is 2.12. The summed E-state index contributed by atoms with van der Waals surface area (Å²) in [7, 11) is 0. The summed E-state index contributed by atoms with van der Waals surface area (Å²) in [5, 5.41) is 8.07. The van der Waals surface area contributed by atoms with Gasteiger partial charge in [0.25, 0.3) is 5.97 Å². The third kappa shape index (κ3) is 4.63. The fourth-order valence-corrected chi connectivity index (χ4v) is 0.174. The fourth-order valence-electron chi connectivity index (χ4n) is 0.174. The van der Waals surface area contributed by atoms with E-state index in [1.54, 1.807) is 0 Å². The molecule has 0 bridgehead atoms. The molecule has 4 heteroatoms. The van der Waals surface area contributed by atoms with Crippen molar-refractivity contribution in [1.29, 1.82) is 0 Å². The molecule has 1 unspecified atom stereocenters. The summed E-state index contributed by atoms with van der Waals surface area (Å²) in [6.07, 6.45) is 0. The van der Waals surface area contributed by atoms with Crippen molar-refractivity contribution in [3.05, 3.63) is 6.92 Å². The maximum Gasteiger partial charge on any atom is 1.00 e. The minimum Gasteiger partial charge on any atom is -0.483 e. The van der Waals surface area contributed by atoms with Crippen LogP contribution in [0.25, 0.3) is 0 Å². The molecule has 0 aromatic carbocycles. The van der Waals surface area contributed by atoms with Crippen molar-refractivity contribution in [2.24, 2.45) is 5.92 Å². The van der Waals surface area contributed by atoms with Gasteiger partial charge in [0.15, 0.2) is 0 Å². The van der Waals surface area contributed by atoms with E-state index in [2.05, 4.69) is 6.92 Å². The number of carbonyl (C=O) groups excluding carboxylic acids is 1. The van der Waals surface area contributed by atoms with E-state index < -0.39 is 17.7 Å². The van der Waals surface area contributed by atoms with Gasteiger partial charge in [-0.15, -0.1) is 0 Å². The van der Waals surface area contributed by atoms with Crippen LogP contribution in [-0.2, 0) is 9.59 Å². The van der Waals surface area contributed by atoms with Crippen molar-refractivity contribution in [3.63, 3.8) is 0 Å². The predicted octanol–water partition coefficient (Wildman–Crippen LogP) is -2.89. The van der Waals surface area contributed by atoms with Gasteiger partial charge in [-0.2, -0.15) is 0 Å². The van der Waals surface area contributed by atoms with Gasteiger partial charge in [0, 0.05) is 0 Å². The maximum atomic E-state index is 10.1. The zero-order valence-electron chi connectivity index (χ0n) is 5.55. The van der Waals surface area contributed by atoms with Gasteiger partial charge in [-0.05, 0) is 12.8 Å². The second-order valence-corrected chi connectivity index (χ2v) is 1.50. The van der Waals surface area contributed by atoms with Crippen molar-refractivity contribution in [3.8, 4) is 0 Å². The molecule has 0 saturated carbocycles. The monoisotopic (exact) mass is 138 g/mol. The maximum absolute atomic E-state index is 10.1. The normalized spacial score (nSPS) is 11.3. The van der Waals surface area contributed by atoms with Crippen LogP contribution in [-0.4, -0.2) is 16.9 Å². The Hall–Kier alpha value is 0.140. The van der Waals surface area contributed by atoms with Crippen molar-refractivity contribution in [2.45, 2.75) is 6.92 Å². The number of carboxylic acids is 1. The number of hydrogen-bond acceptors (Lipinski definition) is 2. The molecule has 0 aliphatic heterocycles. The Morgan fingerprint density at radius 3 is 1.89 bits per heavy atom. The quantitative estimate of drug-likeness (QED) is 0.253. The average molecular weight is 138 g/mol. The second-order valence-electron chi connectivity index (χ2n) is 1.50. The number of carbonyl (C=O) groups is 2. The van der Waals surface area contributed by atoms with Gasteiger partial charge < -0.3 is 16.8 Å². The molecular formula is C5H7NaO3. The molecular weight excluding hydrogens is 131 g/mol. The molecule has 1 N–H and O–H groups in total. The standard InChI is InChI=1S/C5H7O3.Na/c1-3(4(2)6)5(7)8;/h3H,1H2,2H3,(H,7,8);/q-1;+1. The Balaban J connectivity index is 0. The average Bonchev–Trinajstić information content (AvgIpc) is 1.64. The van der Waals surface area contributed by atoms with Gasteiger partial charge in [0.1, 0.15) is 5.78 Å². The SMILES string of the molecule is [CH2-]C(C(C)=O)C(=O)O.[Na+]. The summed E-state index contributed by atoms with van der Waals surface area (Å²) in [6.45, 7) is 4.29. The van der Waals surface area contributed by atoms with Gasteiger partial charge >= 0.3 is 29.6 Å². The first-order valence-electron chi connectivity index (χ1n) is 2.12. The van der Waals surface area contributed by atoms with Crippen LogP contribution in [0.15, 0.2) is 0 Å². The Labute approximate surface area is 75.7 Å². The molecule has 0 aliphatic carbocycles. The third-order valence-corrected chi connectivity index (χ3v) is 0.789. The van der Waals surface area contributed by atoms with Gasteiger partial charge in [-0.25, -0.2) is 0 Å². The molecule has 0 saturated heterocycles. The molecule has 0 heterocycles. The number of ketones is 1. The molecule has 0 fully saturated rings. The number of hydrogen-bond donors (Lipinski definition) is 1. The Morgan fingerprint density at radius 2 is 1.89 bits per heavy atom. The van der Waals surface area contributed by atoms with Crippen LogP contribution < -0.4 is 29.6 Å². The van der Waals surface area contributed by atoms with Crippen molar-refractivity contribution in [2.75, 3.05) is 0 Å². The van der Waals surface area contributed by atoms with E-state index in [-0.39, 0.29) is 29.6 Å². The molecule has 0 rings (SSSR count). The molecule has 1 atom stereocenters. The summed E-state index contributed by atoms with van der Waals surface area (Å²) in [4.78, 5) is 20.0. The number of rotatable bonds is 2. The topological polar surface area (TPSA) is 54.4 Å². The van der Waals surface area contributed by atoms with E-state index in [1.807, 2.05) is 0 Å². The Bertz CT molecular complexity index is 107. The summed E-state index contributed by atoms with van der Waals surface area (Å²) < 4.78 is 0.